The molecule has 0 aliphatic heterocycles. The normalized spacial score (nSPS) is 14.9. The van der Waals surface area contributed by atoms with Gasteiger partial charge < -0.3 is 20.2 Å². The predicted octanol–water partition coefficient (Wildman–Crippen LogP) is -0.388. The molecule has 6 nitrogen and oxygen atoms in total. The van der Waals surface area contributed by atoms with Crippen molar-refractivity contribution in [3.05, 3.63) is 32.9 Å². The molecule has 6 heteroatoms. The monoisotopic (exact) mass is 226 g/mol. The van der Waals surface area contributed by atoms with Crippen LogP contribution in [0.4, 0.5) is 0 Å². The minimum Gasteiger partial charge on any atom is -0.805 e. The van der Waals surface area contributed by atoms with Crippen molar-refractivity contribution in [3.8, 4) is 0 Å². The smallest absolute Gasteiger partial charge is 0.286 e. The van der Waals surface area contributed by atoms with Crippen LogP contribution in [0.3, 0.4) is 0 Å². The van der Waals surface area contributed by atoms with Crippen LogP contribution in [0.15, 0.2) is 0 Å². The molecule has 0 spiro atoms. The van der Waals surface area contributed by atoms with Crippen LogP contribution < -0.4 is 4.43 Å². The molecule has 0 radical (unpaired) electrons. The quantitative estimate of drug-likeness (QED) is 0.672. The summed E-state index contributed by atoms with van der Waals surface area (Å²) in [5.74, 6) is 0. The van der Waals surface area contributed by atoms with E-state index < -0.39 is 13.2 Å². The molecule has 2 rings (SSSR count). The highest BCUT2D eigenvalue weighted by Gasteiger charge is 2.27. The standard InChI is InChI=1S/C10H14N2O4/c13-5-9-10(6-14)12(16)8-4-2-1-3-7(8)11(9)15/h13-14H,1-6H2. The number of nitrogens with zero attached hydrogens (tertiary/aromatic N) is 2. The summed E-state index contributed by atoms with van der Waals surface area (Å²) in [5.41, 5.74) is 0.779. The number of aliphatic hydroxyl groups excluding tert-OH is 2. The second kappa shape index (κ2) is 4.23. The van der Waals surface area contributed by atoms with Crippen molar-refractivity contribution in [1.82, 2.24) is 4.73 Å². The summed E-state index contributed by atoms with van der Waals surface area (Å²) < 4.78 is 1.21. The van der Waals surface area contributed by atoms with E-state index in [1.807, 2.05) is 0 Å². The number of rotatable bonds is 2. The molecule has 0 atom stereocenters. The van der Waals surface area contributed by atoms with Crippen LogP contribution in [-0.4, -0.2) is 14.9 Å². The number of hydrogen-bond acceptors (Lipinski definition) is 4. The highest BCUT2D eigenvalue weighted by Crippen LogP contribution is 2.20. The van der Waals surface area contributed by atoms with Gasteiger partial charge in [0.25, 0.3) is 11.4 Å². The molecule has 0 amide bonds. The summed E-state index contributed by atoms with van der Waals surface area (Å²) >= 11 is 0. The Morgan fingerprint density at radius 2 is 1.94 bits per heavy atom. The van der Waals surface area contributed by atoms with Crippen molar-refractivity contribution in [1.29, 1.82) is 0 Å². The van der Waals surface area contributed by atoms with Gasteiger partial charge in [0.1, 0.15) is 12.3 Å². The van der Waals surface area contributed by atoms with Crippen LogP contribution in [0.25, 0.3) is 0 Å². The summed E-state index contributed by atoms with van der Waals surface area (Å²) in [4.78, 5) is 11.9. The number of aliphatic hydroxyl groups is 2. The van der Waals surface area contributed by atoms with Crippen molar-refractivity contribution in [2.24, 2.45) is 0 Å². The van der Waals surface area contributed by atoms with Crippen molar-refractivity contribution in [3.63, 3.8) is 0 Å². The highest BCUT2D eigenvalue weighted by atomic mass is 16.5. The molecule has 2 N–H and O–H groups in total. The largest absolute Gasteiger partial charge is 0.805 e. The predicted molar refractivity (Wildman–Crippen MR) is 55.1 cm³/mol. The molecular weight excluding hydrogens is 212 g/mol. The van der Waals surface area contributed by atoms with Crippen LogP contribution in [0, 0.1) is 10.1 Å². The Balaban J connectivity index is 2.74. The first-order valence-electron chi connectivity index (χ1n) is 5.31. The molecule has 0 unspecified atom stereocenters. The number of aromatic nitrogens is 2. The van der Waals surface area contributed by atoms with Crippen LogP contribution in [0.1, 0.15) is 35.6 Å². The molecule has 1 aromatic rings. The maximum Gasteiger partial charge on any atom is 0.286 e. The molecule has 1 heterocycles. The van der Waals surface area contributed by atoms with Crippen LogP contribution in [0.5, 0.6) is 0 Å². The van der Waals surface area contributed by atoms with E-state index in [4.69, 9.17) is 10.2 Å². The van der Waals surface area contributed by atoms with Gasteiger partial charge in [-0.15, -0.1) is 0 Å². The minimum absolute atomic E-state index is 0.0434. The lowest BCUT2D eigenvalue weighted by Gasteiger charge is -2.23. The molecule has 88 valence electrons. The third kappa shape index (κ3) is 1.50. The highest BCUT2D eigenvalue weighted by molar-refractivity contribution is 5.20. The zero-order valence-electron chi connectivity index (χ0n) is 8.85. The fraction of sp³-hybridized carbons (Fsp3) is 0.600. The van der Waals surface area contributed by atoms with Crippen molar-refractivity contribution in [2.75, 3.05) is 0 Å². The second-order valence-corrected chi connectivity index (χ2v) is 3.90. The van der Waals surface area contributed by atoms with Gasteiger partial charge in [-0.3, -0.25) is 0 Å². The maximum absolute atomic E-state index is 11.9. The van der Waals surface area contributed by atoms with Gasteiger partial charge in [-0.2, -0.15) is 0 Å². The Hall–Kier alpha value is -1.40. The summed E-state index contributed by atoms with van der Waals surface area (Å²) in [6, 6.07) is 0. The molecule has 1 aliphatic carbocycles. The first kappa shape index (κ1) is 11.1. The first-order valence-corrected chi connectivity index (χ1v) is 5.31. The molecule has 16 heavy (non-hydrogen) atoms. The van der Waals surface area contributed by atoms with Gasteiger partial charge in [-0.1, -0.05) is 0 Å². The molecule has 0 fully saturated rings. The summed E-state index contributed by atoms with van der Waals surface area (Å²) in [5, 5.41) is 30.0. The molecule has 1 aromatic heterocycles. The Labute approximate surface area is 92.0 Å². The number of hydrogen-bond donors (Lipinski definition) is 2. The zero-order chi connectivity index (χ0) is 11.7. The van der Waals surface area contributed by atoms with E-state index in [1.165, 1.54) is 0 Å². The lowest BCUT2D eigenvalue weighted by molar-refractivity contribution is -0.521. The molecule has 1 aliphatic rings. The fourth-order valence-electron chi connectivity index (χ4n) is 2.18. The first-order chi connectivity index (χ1) is 7.70. The second-order valence-electron chi connectivity index (χ2n) is 3.90. The van der Waals surface area contributed by atoms with Gasteiger partial charge in [0.15, 0.2) is 0 Å². The van der Waals surface area contributed by atoms with Gasteiger partial charge >= 0.3 is 0 Å². The van der Waals surface area contributed by atoms with Crippen LogP contribution in [0.2, 0.25) is 0 Å². The van der Waals surface area contributed by atoms with Crippen molar-refractivity contribution >= 4 is 0 Å². The topological polar surface area (TPSA) is 91.4 Å². The molecule has 0 aromatic carbocycles. The Morgan fingerprint density at radius 3 is 2.56 bits per heavy atom. The Morgan fingerprint density at radius 1 is 1.25 bits per heavy atom. The third-order valence-corrected chi connectivity index (χ3v) is 3.02. The molecular formula is C10H14N2O4. The van der Waals surface area contributed by atoms with Crippen molar-refractivity contribution < 1.29 is 14.6 Å². The SMILES string of the molecule is O=[n+]1c(CO)c(CO)n([O-])c2c1CCCC2. The average molecular weight is 226 g/mol. The lowest BCUT2D eigenvalue weighted by Crippen LogP contribution is -2.35. The Bertz CT molecular complexity index is 447. The van der Waals surface area contributed by atoms with E-state index >= 15 is 0 Å². The third-order valence-electron chi connectivity index (χ3n) is 3.02. The van der Waals surface area contributed by atoms with Gasteiger partial charge in [-0.25, -0.2) is 0 Å². The summed E-state index contributed by atoms with van der Waals surface area (Å²) in [7, 11) is 0. The minimum atomic E-state index is -0.533. The van der Waals surface area contributed by atoms with Gasteiger partial charge in [0, 0.05) is 11.3 Å². The van der Waals surface area contributed by atoms with E-state index in [0.29, 0.717) is 33.4 Å². The van der Waals surface area contributed by atoms with E-state index in [2.05, 4.69) is 0 Å². The van der Waals surface area contributed by atoms with Gasteiger partial charge in [-0.05, 0) is 19.3 Å². The molecule has 0 bridgehead atoms. The summed E-state index contributed by atoms with van der Waals surface area (Å²) in [6.07, 6.45) is 2.86. The van der Waals surface area contributed by atoms with Gasteiger partial charge in [0.05, 0.1) is 16.7 Å². The van der Waals surface area contributed by atoms with Crippen molar-refractivity contribution in [2.45, 2.75) is 38.9 Å². The van der Waals surface area contributed by atoms with Crippen LogP contribution in [-0.2, 0) is 26.1 Å². The van der Waals surface area contributed by atoms with Gasteiger partial charge in [0.2, 0.25) is 0 Å². The number of fused-ring (bicyclic) bond motifs is 1. The lowest BCUT2D eigenvalue weighted by atomic mass is 10.00. The van der Waals surface area contributed by atoms with E-state index in [0.717, 1.165) is 12.8 Å². The van der Waals surface area contributed by atoms with Crippen LogP contribution >= 0.6 is 0 Å². The zero-order valence-corrected chi connectivity index (χ0v) is 8.85. The van der Waals surface area contributed by atoms with E-state index in [1.54, 1.807) is 0 Å². The molecule has 0 saturated carbocycles. The molecule has 0 saturated heterocycles. The average Bonchev–Trinajstić information content (AvgIpc) is 2.33. The maximum atomic E-state index is 11.9. The fourth-order valence-corrected chi connectivity index (χ4v) is 2.18. The van der Waals surface area contributed by atoms with E-state index in [-0.39, 0.29) is 11.4 Å². The van der Waals surface area contributed by atoms with E-state index in [9.17, 15) is 10.1 Å². The summed E-state index contributed by atoms with van der Waals surface area (Å²) in [6.45, 7) is -1.07. The Kier molecular flexibility index (Phi) is 2.93.